The predicted octanol–water partition coefficient (Wildman–Crippen LogP) is 3.06. The van der Waals surface area contributed by atoms with E-state index in [9.17, 15) is 9.59 Å². The third-order valence-corrected chi connectivity index (χ3v) is 5.65. The fraction of sp³-hybridized carbons (Fsp3) is 0.467. The second kappa shape index (κ2) is 6.76. The van der Waals surface area contributed by atoms with E-state index in [1.165, 1.54) is 11.3 Å². The van der Waals surface area contributed by atoms with Crippen LogP contribution in [0.4, 0.5) is 0 Å². The van der Waals surface area contributed by atoms with Crippen LogP contribution < -0.4 is 0 Å². The summed E-state index contributed by atoms with van der Waals surface area (Å²) in [6.45, 7) is -0.452. The van der Waals surface area contributed by atoms with Gasteiger partial charge in [-0.05, 0) is 25.2 Å². The Hall–Kier alpha value is -1.44. The van der Waals surface area contributed by atoms with E-state index in [0.29, 0.717) is 24.5 Å². The minimum Gasteiger partial charge on any atom is -0.389 e. The van der Waals surface area contributed by atoms with E-state index in [4.69, 9.17) is 5.11 Å². The van der Waals surface area contributed by atoms with Gasteiger partial charge in [0.1, 0.15) is 12.3 Å². The van der Waals surface area contributed by atoms with Crippen LogP contribution in [-0.2, 0) is 4.79 Å². The molecular weight excluding hydrogens is 320 g/mol. The average Bonchev–Trinajstić information content (AvgIpc) is 3.05. The highest BCUT2D eigenvalue weighted by Crippen LogP contribution is 2.46. The van der Waals surface area contributed by atoms with Crippen LogP contribution in [-0.4, -0.2) is 33.2 Å². The Bertz CT molecular complexity index is 675. The van der Waals surface area contributed by atoms with Gasteiger partial charge in [-0.1, -0.05) is 0 Å². The van der Waals surface area contributed by atoms with Crippen molar-refractivity contribution in [2.45, 2.75) is 38.0 Å². The number of carbonyl (C=O) groups excluding carboxylic acids is 2. The monoisotopic (exact) mass is 336 g/mol. The van der Waals surface area contributed by atoms with Crippen LogP contribution in [0.1, 0.15) is 53.4 Å². The maximum Gasteiger partial charge on any atom is 0.182 e. The summed E-state index contributed by atoms with van der Waals surface area (Å²) in [4.78, 5) is 33.3. The number of hydrogen-bond acceptors (Lipinski definition) is 7. The van der Waals surface area contributed by atoms with Gasteiger partial charge in [-0.2, -0.15) is 0 Å². The van der Waals surface area contributed by atoms with Gasteiger partial charge in [0.2, 0.25) is 0 Å². The lowest BCUT2D eigenvalue weighted by Crippen LogP contribution is -2.07. The van der Waals surface area contributed by atoms with Crippen LogP contribution in [0.25, 0.3) is 10.0 Å². The van der Waals surface area contributed by atoms with Gasteiger partial charge in [0.15, 0.2) is 21.6 Å². The quantitative estimate of drug-likeness (QED) is 0.749. The fourth-order valence-corrected chi connectivity index (χ4v) is 4.15. The van der Waals surface area contributed by atoms with E-state index in [1.807, 2.05) is 5.38 Å². The first-order chi connectivity index (χ1) is 10.7. The molecule has 0 radical (unpaired) electrons. The Kier molecular flexibility index (Phi) is 4.75. The van der Waals surface area contributed by atoms with Gasteiger partial charge in [0, 0.05) is 29.3 Å². The minimum absolute atomic E-state index is 0.00769. The topological polar surface area (TPSA) is 80.1 Å². The highest BCUT2D eigenvalue weighted by Gasteiger charge is 2.32. The number of ketones is 2. The molecule has 0 unspecified atom stereocenters. The third kappa shape index (κ3) is 3.48. The molecule has 0 amide bonds. The van der Waals surface area contributed by atoms with E-state index in [0.717, 1.165) is 27.7 Å². The van der Waals surface area contributed by atoms with Gasteiger partial charge < -0.3 is 5.11 Å². The predicted molar refractivity (Wildman–Crippen MR) is 85.5 cm³/mol. The number of aromatic nitrogens is 2. The summed E-state index contributed by atoms with van der Waals surface area (Å²) < 4.78 is 0. The van der Waals surface area contributed by atoms with Crippen LogP contribution >= 0.6 is 22.7 Å². The summed E-state index contributed by atoms with van der Waals surface area (Å²) in [6, 6.07) is 0. The Balaban J connectivity index is 1.74. The van der Waals surface area contributed by atoms with Gasteiger partial charge in [-0.3, -0.25) is 9.59 Å². The largest absolute Gasteiger partial charge is 0.389 e. The molecule has 0 aliphatic heterocycles. The van der Waals surface area contributed by atoms with Gasteiger partial charge in [-0.25, -0.2) is 9.97 Å². The van der Waals surface area contributed by atoms with Crippen molar-refractivity contribution < 1.29 is 14.7 Å². The Morgan fingerprint density at radius 3 is 2.73 bits per heavy atom. The van der Waals surface area contributed by atoms with Crippen LogP contribution in [0, 0.1) is 0 Å². The first kappa shape index (κ1) is 15.5. The van der Waals surface area contributed by atoms with Crippen LogP contribution in [0.15, 0.2) is 11.6 Å². The highest BCUT2D eigenvalue weighted by atomic mass is 32.1. The molecule has 2 aromatic heterocycles. The summed E-state index contributed by atoms with van der Waals surface area (Å²) in [7, 11) is 0. The van der Waals surface area contributed by atoms with E-state index in [2.05, 4.69) is 9.97 Å². The lowest BCUT2D eigenvalue weighted by Gasteiger charge is -2.00. The SMILES string of the molecule is O=C(CO)CCCC(=O)c1nc(-c2nccs2)sc1C1CC1. The lowest BCUT2D eigenvalue weighted by molar-refractivity contribution is -0.121. The standard InChI is InChI=1S/C15H16N2O3S2/c18-8-10(19)2-1-3-11(20)12-13(9-4-5-9)22-15(17-12)14-16-6-7-21-14/h6-7,9,18H,1-5,8H2. The van der Waals surface area contributed by atoms with E-state index >= 15 is 0 Å². The number of aliphatic hydroxyl groups excluding tert-OH is 1. The van der Waals surface area contributed by atoms with Crippen molar-refractivity contribution in [2.24, 2.45) is 0 Å². The molecule has 1 N–H and O–H groups in total. The number of Topliss-reactive ketones (excluding diaryl/α,β-unsaturated/α-hetero) is 2. The molecule has 1 aliphatic rings. The van der Waals surface area contributed by atoms with Crippen molar-refractivity contribution >= 4 is 34.2 Å². The first-order valence-electron chi connectivity index (χ1n) is 7.25. The number of thiazole rings is 2. The third-order valence-electron chi connectivity index (χ3n) is 3.52. The maximum absolute atomic E-state index is 12.4. The molecular formula is C15H16N2O3S2. The molecule has 2 aromatic rings. The molecule has 0 atom stereocenters. The van der Waals surface area contributed by atoms with Gasteiger partial charge in [0.05, 0.1) is 0 Å². The smallest absolute Gasteiger partial charge is 0.182 e. The molecule has 5 nitrogen and oxygen atoms in total. The Labute approximate surface area is 136 Å². The Morgan fingerprint density at radius 2 is 2.09 bits per heavy atom. The lowest BCUT2D eigenvalue weighted by atomic mass is 10.1. The summed E-state index contributed by atoms with van der Waals surface area (Å²) in [5, 5.41) is 12.3. The molecule has 2 heterocycles. The molecule has 22 heavy (non-hydrogen) atoms. The number of carbonyl (C=O) groups is 2. The highest BCUT2D eigenvalue weighted by molar-refractivity contribution is 7.20. The van der Waals surface area contributed by atoms with E-state index < -0.39 is 6.61 Å². The van der Waals surface area contributed by atoms with Crippen molar-refractivity contribution in [3.8, 4) is 10.0 Å². The van der Waals surface area contributed by atoms with Crippen molar-refractivity contribution in [1.82, 2.24) is 9.97 Å². The van der Waals surface area contributed by atoms with Crippen molar-refractivity contribution in [3.05, 3.63) is 22.1 Å². The zero-order valence-electron chi connectivity index (χ0n) is 11.9. The normalized spacial score (nSPS) is 14.2. The number of aliphatic hydroxyl groups is 1. The Morgan fingerprint density at radius 1 is 1.27 bits per heavy atom. The van der Waals surface area contributed by atoms with Crippen molar-refractivity contribution in [2.75, 3.05) is 6.61 Å². The van der Waals surface area contributed by atoms with Crippen molar-refractivity contribution in [3.63, 3.8) is 0 Å². The van der Waals surface area contributed by atoms with E-state index in [-0.39, 0.29) is 18.0 Å². The first-order valence-corrected chi connectivity index (χ1v) is 8.95. The zero-order valence-corrected chi connectivity index (χ0v) is 13.6. The molecule has 0 spiro atoms. The maximum atomic E-state index is 12.4. The molecule has 3 rings (SSSR count). The molecule has 116 valence electrons. The average molecular weight is 336 g/mol. The molecule has 0 saturated heterocycles. The summed E-state index contributed by atoms with van der Waals surface area (Å²) in [6.07, 6.45) is 4.97. The molecule has 1 saturated carbocycles. The molecule has 0 bridgehead atoms. The summed E-state index contributed by atoms with van der Waals surface area (Å²) in [5.41, 5.74) is 0.564. The van der Waals surface area contributed by atoms with Crippen LogP contribution in [0.3, 0.4) is 0 Å². The van der Waals surface area contributed by atoms with Gasteiger partial charge in [-0.15, -0.1) is 22.7 Å². The van der Waals surface area contributed by atoms with Crippen LogP contribution in [0.2, 0.25) is 0 Å². The number of nitrogens with zero attached hydrogens (tertiary/aromatic N) is 2. The molecule has 7 heteroatoms. The second-order valence-corrected chi connectivity index (χ2v) is 7.24. The van der Waals surface area contributed by atoms with E-state index in [1.54, 1.807) is 17.5 Å². The summed E-state index contributed by atoms with van der Waals surface area (Å²) >= 11 is 3.09. The summed E-state index contributed by atoms with van der Waals surface area (Å²) in [5.74, 6) is 0.230. The van der Waals surface area contributed by atoms with Gasteiger partial charge in [0.25, 0.3) is 0 Å². The van der Waals surface area contributed by atoms with Gasteiger partial charge >= 0.3 is 0 Å². The molecule has 0 aromatic carbocycles. The molecule has 1 aliphatic carbocycles. The second-order valence-electron chi connectivity index (χ2n) is 5.32. The minimum atomic E-state index is -0.452. The zero-order chi connectivity index (χ0) is 15.5. The van der Waals surface area contributed by atoms with Crippen LogP contribution in [0.5, 0.6) is 0 Å². The number of rotatable bonds is 8. The van der Waals surface area contributed by atoms with Crippen molar-refractivity contribution in [1.29, 1.82) is 0 Å². The number of hydrogen-bond donors (Lipinski definition) is 1. The molecule has 1 fully saturated rings. The fourth-order valence-electron chi connectivity index (χ4n) is 2.22.